The van der Waals surface area contributed by atoms with Gasteiger partial charge in [0.05, 0.1) is 11.3 Å². The van der Waals surface area contributed by atoms with Gasteiger partial charge < -0.3 is 15.4 Å². The first-order chi connectivity index (χ1) is 21.0. The van der Waals surface area contributed by atoms with Crippen molar-refractivity contribution >= 4 is 33.4 Å². The van der Waals surface area contributed by atoms with Crippen molar-refractivity contribution in [2.75, 3.05) is 11.9 Å². The third-order valence-corrected chi connectivity index (χ3v) is 8.15. The van der Waals surface area contributed by atoms with E-state index in [1.54, 1.807) is 12.1 Å². The van der Waals surface area contributed by atoms with Crippen LogP contribution >= 0.6 is 15.9 Å². The number of hydrogen-bond donors (Lipinski definition) is 2. The minimum absolute atomic E-state index is 0.0546. The smallest absolute Gasteiger partial charge is 0.253 e. The summed E-state index contributed by atoms with van der Waals surface area (Å²) in [4.78, 5) is 26.2. The fourth-order valence-electron chi connectivity index (χ4n) is 5.27. The molecule has 2 unspecified atom stereocenters. The minimum atomic E-state index is -0.226. The number of anilines is 1. The Hall–Kier alpha value is -4.68. The SMILES string of the molecule is O=C(NCCc1ccc(-c2ccccc2Oc2ccccc2)cc1)c1cc(Br)ccc1NC(=O)C1CC1c1ccccc1. The van der Waals surface area contributed by atoms with E-state index in [0.29, 0.717) is 24.2 Å². The van der Waals surface area contributed by atoms with Crippen molar-refractivity contribution in [3.63, 3.8) is 0 Å². The van der Waals surface area contributed by atoms with E-state index in [2.05, 4.69) is 63.0 Å². The molecule has 5 nitrogen and oxygen atoms in total. The molecule has 0 spiro atoms. The third-order valence-electron chi connectivity index (χ3n) is 7.66. The number of hydrogen-bond acceptors (Lipinski definition) is 3. The zero-order valence-electron chi connectivity index (χ0n) is 23.5. The number of carbonyl (C=O) groups excluding carboxylic acids is 2. The molecule has 1 aliphatic rings. The molecule has 2 N–H and O–H groups in total. The highest BCUT2D eigenvalue weighted by atomic mass is 79.9. The lowest BCUT2D eigenvalue weighted by Crippen LogP contribution is -2.27. The molecule has 5 aromatic carbocycles. The second-order valence-electron chi connectivity index (χ2n) is 10.7. The van der Waals surface area contributed by atoms with Crippen LogP contribution in [-0.4, -0.2) is 18.4 Å². The highest BCUT2D eigenvalue weighted by molar-refractivity contribution is 9.10. The van der Waals surface area contributed by atoms with E-state index in [4.69, 9.17) is 4.74 Å². The molecule has 0 radical (unpaired) electrons. The van der Waals surface area contributed by atoms with Gasteiger partial charge in [0.1, 0.15) is 11.5 Å². The molecule has 1 saturated carbocycles. The number of rotatable bonds is 10. The molecule has 5 aromatic rings. The van der Waals surface area contributed by atoms with Crippen molar-refractivity contribution in [1.29, 1.82) is 0 Å². The normalized spacial score (nSPS) is 15.4. The Morgan fingerprint density at radius 2 is 1.49 bits per heavy atom. The van der Waals surface area contributed by atoms with Gasteiger partial charge in [-0.15, -0.1) is 0 Å². The maximum Gasteiger partial charge on any atom is 0.253 e. The lowest BCUT2D eigenvalue weighted by molar-refractivity contribution is -0.117. The van der Waals surface area contributed by atoms with Crippen LogP contribution in [-0.2, 0) is 11.2 Å². The van der Waals surface area contributed by atoms with Gasteiger partial charge in [0.25, 0.3) is 5.91 Å². The molecule has 0 aromatic heterocycles. The average molecular weight is 632 g/mol. The van der Waals surface area contributed by atoms with Crippen molar-refractivity contribution in [3.05, 3.63) is 149 Å². The first kappa shape index (κ1) is 28.4. The van der Waals surface area contributed by atoms with E-state index in [1.807, 2.05) is 78.9 Å². The number of carbonyl (C=O) groups is 2. The summed E-state index contributed by atoms with van der Waals surface area (Å²) in [5, 5.41) is 6.02. The molecule has 214 valence electrons. The monoisotopic (exact) mass is 630 g/mol. The number of ether oxygens (including phenoxy) is 1. The van der Waals surface area contributed by atoms with Gasteiger partial charge >= 0.3 is 0 Å². The van der Waals surface area contributed by atoms with Crippen molar-refractivity contribution in [2.45, 2.75) is 18.8 Å². The van der Waals surface area contributed by atoms with Gasteiger partial charge in [-0.25, -0.2) is 0 Å². The topological polar surface area (TPSA) is 67.4 Å². The molecule has 2 atom stereocenters. The zero-order valence-corrected chi connectivity index (χ0v) is 25.1. The second kappa shape index (κ2) is 13.1. The van der Waals surface area contributed by atoms with Gasteiger partial charge in [0.2, 0.25) is 5.91 Å². The lowest BCUT2D eigenvalue weighted by atomic mass is 10.0. The molecule has 0 heterocycles. The summed E-state index contributed by atoms with van der Waals surface area (Å²) in [6, 6.07) is 41.5. The zero-order chi connectivity index (χ0) is 29.6. The largest absolute Gasteiger partial charge is 0.457 e. The second-order valence-corrected chi connectivity index (χ2v) is 11.6. The van der Waals surface area contributed by atoms with E-state index < -0.39 is 0 Å². The summed E-state index contributed by atoms with van der Waals surface area (Å²) in [5.41, 5.74) is 5.30. The number of halogens is 1. The highest BCUT2D eigenvalue weighted by Gasteiger charge is 2.44. The molecule has 43 heavy (non-hydrogen) atoms. The maximum atomic E-state index is 13.2. The van der Waals surface area contributed by atoms with Gasteiger partial charge in [-0.1, -0.05) is 107 Å². The van der Waals surface area contributed by atoms with E-state index in [1.165, 1.54) is 5.56 Å². The first-order valence-corrected chi connectivity index (χ1v) is 15.2. The van der Waals surface area contributed by atoms with E-state index in [0.717, 1.165) is 39.1 Å². The predicted molar refractivity (Wildman–Crippen MR) is 174 cm³/mol. The first-order valence-electron chi connectivity index (χ1n) is 14.4. The van der Waals surface area contributed by atoms with Crippen LogP contribution in [0.1, 0.15) is 33.8 Å². The average Bonchev–Trinajstić information content (AvgIpc) is 3.85. The van der Waals surface area contributed by atoms with Crippen LogP contribution in [0.25, 0.3) is 11.1 Å². The van der Waals surface area contributed by atoms with Gasteiger partial charge in [-0.2, -0.15) is 0 Å². The van der Waals surface area contributed by atoms with Gasteiger partial charge in [0, 0.05) is 22.5 Å². The molecule has 0 bridgehead atoms. The van der Waals surface area contributed by atoms with E-state index >= 15 is 0 Å². The summed E-state index contributed by atoms with van der Waals surface area (Å²) in [6.45, 7) is 0.463. The fourth-order valence-corrected chi connectivity index (χ4v) is 5.63. The van der Waals surface area contributed by atoms with Gasteiger partial charge in [-0.05, 0) is 71.8 Å². The van der Waals surface area contributed by atoms with Crippen LogP contribution in [0.15, 0.2) is 132 Å². The summed E-state index contributed by atoms with van der Waals surface area (Å²) >= 11 is 3.46. The Morgan fingerprint density at radius 1 is 0.791 bits per heavy atom. The quantitative estimate of drug-likeness (QED) is 0.162. The van der Waals surface area contributed by atoms with Crippen LogP contribution in [0.5, 0.6) is 11.5 Å². The number of para-hydroxylation sites is 2. The van der Waals surface area contributed by atoms with E-state index in [-0.39, 0.29) is 23.7 Å². The molecular formula is C37H31BrN2O3. The Kier molecular flexibility index (Phi) is 8.66. The Morgan fingerprint density at radius 3 is 2.26 bits per heavy atom. The lowest BCUT2D eigenvalue weighted by Gasteiger charge is -2.13. The summed E-state index contributed by atoms with van der Waals surface area (Å²) in [5.74, 6) is 1.45. The highest BCUT2D eigenvalue weighted by Crippen LogP contribution is 2.48. The van der Waals surface area contributed by atoms with E-state index in [9.17, 15) is 9.59 Å². The predicted octanol–water partition coefficient (Wildman–Crippen LogP) is 8.62. The van der Waals surface area contributed by atoms with Crippen LogP contribution < -0.4 is 15.4 Å². The molecule has 1 aliphatic carbocycles. The van der Waals surface area contributed by atoms with Crippen molar-refractivity contribution in [2.24, 2.45) is 5.92 Å². The number of benzene rings is 5. The van der Waals surface area contributed by atoms with Crippen LogP contribution in [0.4, 0.5) is 5.69 Å². The molecule has 6 rings (SSSR count). The number of amides is 2. The van der Waals surface area contributed by atoms with Gasteiger partial charge in [0.15, 0.2) is 0 Å². The molecule has 1 fully saturated rings. The Labute approximate surface area is 260 Å². The molecule has 0 saturated heterocycles. The van der Waals surface area contributed by atoms with Crippen LogP contribution in [0.2, 0.25) is 0 Å². The van der Waals surface area contributed by atoms with Gasteiger partial charge in [-0.3, -0.25) is 9.59 Å². The summed E-state index contributed by atoms with van der Waals surface area (Å²) in [7, 11) is 0. The standard InChI is InChI=1S/C37H31BrN2O3/c38-28-19-20-34(40-37(42)32-24-31(32)26-9-3-1-4-10-26)33(23-28)36(41)39-22-21-25-15-17-27(18-16-25)30-13-7-8-14-35(30)43-29-11-5-2-6-12-29/h1-20,23,31-32H,21-22,24H2,(H,39,41)(H,40,42). The summed E-state index contributed by atoms with van der Waals surface area (Å²) < 4.78 is 6.91. The molecule has 6 heteroatoms. The molecular weight excluding hydrogens is 600 g/mol. The Bertz CT molecular complexity index is 1720. The summed E-state index contributed by atoms with van der Waals surface area (Å²) in [6.07, 6.45) is 1.49. The van der Waals surface area contributed by atoms with Crippen LogP contribution in [0.3, 0.4) is 0 Å². The van der Waals surface area contributed by atoms with Crippen molar-refractivity contribution in [1.82, 2.24) is 5.32 Å². The maximum absolute atomic E-state index is 13.2. The van der Waals surface area contributed by atoms with Crippen molar-refractivity contribution < 1.29 is 14.3 Å². The van der Waals surface area contributed by atoms with Crippen molar-refractivity contribution in [3.8, 4) is 22.6 Å². The fraction of sp³-hybridized carbons (Fsp3) is 0.135. The van der Waals surface area contributed by atoms with Crippen LogP contribution in [0, 0.1) is 5.92 Å². The number of nitrogens with one attached hydrogen (secondary N) is 2. The Balaban J connectivity index is 1.06. The molecule has 0 aliphatic heterocycles. The minimum Gasteiger partial charge on any atom is -0.457 e. The molecule has 2 amide bonds. The third kappa shape index (κ3) is 7.04.